The van der Waals surface area contributed by atoms with E-state index >= 15 is 0 Å². The summed E-state index contributed by atoms with van der Waals surface area (Å²) >= 11 is 6.00. The highest BCUT2D eigenvalue weighted by Gasteiger charge is 2.15. The second-order valence-corrected chi connectivity index (χ2v) is 6.84. The molecule has 0 aliphatic carbocycles. The Balaban J connectivity index is 2.21. The van der Waals surface area contributed by atoms with Crippen LogP contribution in [0.25, 0.3) is 0 Å². The lowest BCUT2D eigenvalue weighted by atomic mass is 10.1. The Morgan fingerprint density at radius 2 is 1.86 bits per heavy atom. The standard InChI is InChI=1S/C15H16ClNO3S/c1-11-6-7-14(8-13(11)10-18)21(19,20)17-9-12-4-2-3-5-15(12)16/h2-8,17-18H,9-10H2,1H3. The molecule has 2 rings (SSSR count). The quantitative estimate of drug-likeness (QED) is 0.888. The zero-order valence-corrected chi connectivity index (χ0v) is 13.1. The highest BCUT2D eigenvalue weighted by atomic mass is 35.5. The van der Waals surface area contributed by atoms with Crippen LogP contribution in [0.3, 0.4) is 0 Å². The van der Waals surface area contributed by atoms with Crippen LogP contribution in [0.2, 0.25) is 5.02 Å². The van der Waals surface area contributed by atoms with Gasteiger partial charge in [0.1, 0.15) is 0 Å². The molecule has 2 aromatic rings. The molecule has 2 N–H and O–H groups in total. The first-order valence-corrected chi connectivity index (χ1v) is 8.23. The number of nitrogens with one attached hydrogen (secondary N) is 1. The minimum absolute atomic E-state index is 0.115. The molecule has 0 atom stereocenters. The van der Waals surface area contributed by atoms with Crippen molar-refractivity contribution in [2.75, 3.05) is 0 Å². The lowest BCUT2D eigenvalue weighted by Gasteiger charge is -2.10. The maximum atomic E-state index is 12.3. The van der Waals surface area contributed by atoms with Crippen molar-refractivity contribution in [3.05, 3.63) is 64.2 Å². The molecule has 4 nitrogen and oxygen atoms in total. The van der Waals surface area contributed by atoms with E-state index in [-0.39, 0.29) is 18.0 Å². The predicted molar refractivity (Wildman–Crippen MR) is 82.6 cm³/mol. The molecule has 112 valence electrons. The third-order valence-corrected chi connectivity index (χ3v) is 4.98. The van der Waals surface area contributed by atoms with E-state index in [0.29, 0.717) is 16.1 Å². The van der Waals surface area contributed by atoms with Crippen molar-refractivity contribution in [2.45, 2.75) is 25.0 Å². The summed E-state index contributed by atoms with van der Waals surface area (Å²) in [4.78, 5) is 0.129. The summed E-state index contributed by atoms with van der Waals surface area (Å²) in [5, 5.41) is 9.73. The molecule has 0 bridgehead atoms. The van der Waals surface area contributed by atoms with Gasteiger partial charge >= 0.3 is 0 Å². The number of aliphatic hydroxyl groups is 1. The summed E-state index contributed by atoms with van der Waals surface area (Å²) in [6.45, 7) is 1.74. The first kappa shape index (κ1) is 16.0. The summed E-state index contributed by atoms with van der Waals surface area (Å²) in [6.07, 6.45) is 0. The molecule has 6 heteroatoms. The summed E-state index contributed by atoms with van der Waals surface area (Å²) in [5.74, 6) is 0. The first-order valence-electron chi connectivity index (χ1n) is 6.37. The fourth-order valence-corrected chi connectivity index (χ4v) is 3.14. The van der Waals surface area contributed by atoms with E-state index in [9.17, 15) is 13.5 Å². The summed E-state index contributed by atoms with van der Waals surface area (Å²) in [7, 11) is -3.64. The number of rotatable bonds is 5. The van der Waals surface area contributed by atoms with Crippen LogP contribution in [0.15, 0.2) is 47.4 Å². The number of aliphatic hydroxyl groups excluding tert-OH is 1. The molecule has 0 saturated heterocycles. The number of hydrogen-bond donors (Lipinski definition) is 2. The molecular weight excluding hydrogens is 310 g/mol. The van der Waals surface area contributed by atoms with E-state index < -0.39 is 10.0 Å². The van der Waals surface area contributed by atoms with Crippen LogP contribution in [0.1, 0.15) is 16.7 Å². The number of hydrogen-bond acceptors (Lipinski definition) is 3. The van der Waals surface area contributed by atoms with Crippen molar-refractivity contribution in [3.63, 3.8) is 0 Å². The highest BCUT2D eigenvalue weighted by molar-refractivity contribution is 7.89. The number of sulfonamides is 1. The van der Waals surface area contributed by atoms with E-state index in [0.717, 1.165) is 5.56 Å². The topological polar surface area (TPSA) is 66.4 Å². The Morgan fingerprint density at radius 1 is 1.14 bits per heavy atom. The minimum Gasteiger partial charge on any atom is -0.392 e. The van der Waals surface area contributed by atoms with Crippen LogP contribution in [-0.4, -0.2) is 13.5 Å². The number of aryl methyl sites for hydroxylation is 1. The molecule has 2 aromatic carbocycles. The molecule has 0 unspecified atom stereocenters. The molecule has 0 aromatic heterocycles. The van der Waals surface area contributed by atoms with Gasteiger partial charge in [0.05, 0.1) is 11.5 Å². The molecule has 21 heavy (non-hydrogen) atoms. The maximum Gasteiger partial charge on any atom is 0.240 e. The Kier molecular flexibility index (Phi) is 5.00. The van der Waals surface area contributed by atoms with Crippen LogP contribution in [-0.2, 0) is 23.2 Å². The second-order valence-electron chi connectivity index (χ2n) is 4.66. The molecule has 0 amide bonds. The van der Waals surface area contributed by atoms with Gasteiger partial charge in [-0.25, -0.2) is 13.1 Å². The molecule has 0 fully saturated rings. The zero-order valence-electron chi connectivity index (χ0n) is 11.5. The molecule has 0 saturated carbocycles. The normalized spacial score (nSPS) is 11.6. The molecular formula is C15H16ClNO3S. The molecule has 0 aliphatic rings. The van der Waals surface area contributed by atoms with Crippen molar-refractivity contribution < 1.29 is 13.5 Å². The van der Waals surface area contributed by atoms with Crippen molar-refractivity contribution in [3.8, 4) is 0 Å². The number of halogens is 1. The molecule has 0 aliphatic heterocycles. The van der Waals surface area contributed by atoms with Crippen LogP contribution >= 0.6 is 11.6 Å². The minimum atomic E-state index is -3.64. The fourth-order valence-electron chi connectivity index (χ4n) is 1.88. The average Bonchev–Trinajstić information content (AvgIpc) is 2.46. The molecule has 0 radical (unpaired) electrons. The Labute approximate surface area is 129 Å². The van der Waals surface area contributed by atoms with Crippen molar-refractivity contribution in [1.82, 2.24) is 4.72 Å². The van der Waals surface area contributed by atoms with Gasteiger partial charge in [0, 0.05) is 11.6 Å². The maximum absolute atomic E-state index is 12.3. The Morgan fingerprint density at radius 3 is 2.52 bits per heavy atom. The van der Waals surface area contributed by atoms with Gasteiger partial charge in [-0.05, 0) is 41.8 Å². The van der Waals surface area contributed by atoms with Crippen molar-refractivity contribution in [2.24, 2.45) is 0 Å². The van der Waals surface area contributed by atoms with E-state index in [1.54, 1.807) is 30.3 Å². The van der Waals surface area contributed by atoms with Crippen molar-refractivity contribution in [1.29, 1.82) is 0 Å². The van der Waals surface area contributed by atoms with Gasteiger partial charge in [0.2, 0.25) is 10.0 Å². The van der Waals surface area contributed by atoms with Gasteiger partial charge in [0.15, 0.2) is 0 Å². The van der Waals surface area contributed by atoms with Crippen LogP contribution < -0.4 is 4.72 Å². The largest absolute Gasteiger partial charge is 0.392 e. The summed E-state index contributed by atoms with van der Waals surface area (Å²) < 4.78 is 27.0. The van der Waals surface area contributed by atoms with E-state index in [1.807, 2.05) is 6.92 Å². The van der Waals surface area contributed by atoms with Gasteiger partial charge in [-0.15, -0.1) is 0 Å². The molecule has 0 heterocycles. The third kappa shape index (κ3) is 3.83. The SMILES string of the molecule is Cc1ccc(S(=O)(=O)NCc2ccccc2Cl)cc1CO. The lowest BCUT2D eigenvalue weighted by molar-refractivity contribution is 0.280. The highest BCUT2D eigenvalue weighted by Crippen LogP contribution is 2.18. The van der Waals surface area contributed by atoms with Gasteiger partial charge in [-0.2, -0.15) is 0 Å². The van der Waals surface area contributed by atoms with Crippen molar-refractivity contribution >= 4 is 21.6 Å². The Hall–Kier alpha value is -1.40. The van der Waals surface area contributed by atoms with E-state index in [1.165, 1.54) is 12.1 Å². The monoisotopic (exact) mass is 325 g/mol. The second kappa shape index (κ2) is 6.58. The summed E-state index contributed by atoms with van der Waals surface area (Å²) in [6, 6.07) is 11.7. The zero-order chi connectivity index (χ0) is 15.5. The first-order chi connectivity index (χ1) is 9.94. The van der Waals surface area contributed by atoms with Crippen LogP contribution in [0.5, 0.6) is 0 Å². The number of benzene rings is 2. The Bertz CT molecular complexity index is 744. The van der Waals surface area contributed by atoms with E-state index in [2.05, 4.69) is 4.72 Å². The van der Waals surface area contributed by atoms with E-state index in [4.69, 9.17) is 11.6 Å². The van der Waals surface area contributed by atoms with Gasteiger partial charge in [-0.1, -0.05) is 35.9 Å². The average molecular weight is 326 g/mol. The van der Waals surface area contributed by atoms with Gasteiger partial charge in [0.25, 0.3) is 0 Å². The van der Waals surface area contributed by atoms with Gasteiger partial charge in [-0.3, -0.25) is 0 Å². The lowest BCUT2D eigenvalue weighted by Crippen LogP contribution is -2.23. The van der Waals surface area contributed by atoms with Crippen LogP contribution in [0.4, 0.5) is 0 Å². The molecule has 0 spiro atoms. The smallest absolute Gasteiger partial charge is 0.240 e. The van der Waals surface area contributed by atoms with Crippen LogP contribution in [0, 0.1) is 6.92 Å². The summed E-state index contributed by atoms with van der Waals surface area (Å²) in [5.41, 5.74) is 2.15. The fraction of sp³-hybridized carbons (Fsp3) is 0.200. The van der Waals surface area contributed by atoms with Gasteiger partial charge < -0.3 is 5.11 Å². The third-order valence-electron chi connectivity index (χ3n) is 3.21. The predicted octanol–water partition coefficient (Wildman–Crippen LogP) is 2.62.